The molecule has 0 bridgehead atoms. The van der Waals surface area contributed by atoms with E-state index in [4.69, 9.17) is 0 Å². The van der Waals surface area contributed by atoms with E-state index in [2.05, 4.69) is 49.0 Å². The number of carbonyl (C=O) groups is 2. The van der Waals surface area contributed by atoms with Crippen molar-refractivity contribution < 1.29 is 9.59 Å². The maximum Gasteiger partial charge on any atom is 0.315 e. The average molecular weight is 468 g/mol. The lowest BCUT2D eigenvalue weighted by atomic mass is 9.98. The summed E-state index contributed by atoms with van der Waals surface area (Å²) in [7, 11) is 0. The van der Waals surface area contributed by atoms with Gasteiger partial charge in [0.25, 0.3) is 0 Å². The fraction of sp³-hybridized carbons (Fsp3) is 0.474. The summed E-state index contributed by atoms with van der Waals surface area (Å²) in [6.45, 7) is 6.56. The molecule has 1 aromatic carbocycles. The highest BCUT2D eigenvalue weighted by Gasteiger charge is 2.26. The summed E-state index contributed by atoms with van der Waals surface area (Å²) < 4.78 is 0.981. The van der Waals surface area contributed by atoms with E-state index in [0.717, 1.165) is 29.3 Å². The van der Waals surface area contributed by atoms with E-state index in [0.29, 0.717) is 16.7 Å². The molecule has 0 saturated carbocycles. The Bertz CT molecular complexity index is 781. The van der Waals surface area contributed by atoms with Crippen LogP contribution in [0.5, 0.6) is 0 Å². The van der Waals surface area contributed by atoms with Crippen LogP contribution in [0.15, 0.2) is 28.7 Å². The molecule has 0 aliphatic heterocycles. The van der Waals surface area contributed by atoms with Crippen LogP contribution in [0.3, 0.4) is 0 Å². The lowest BCUT2D eigenvalue weighted by molar-refractivity contribution is -0.119. The number of benzene rings is 1. The zero-order valence-electron chi connectivity index (χ0n) is 16.3. The lowest BCUT2D eigenvalue weighted by Gasteiger charge is -2.23. The van der Waals surface area contributed by atoms with Gasteiger partial charge in [0, 0.05) is 16.6 Å². The number of anilines is 1. The van der Waals surface area contributed by atoms with E-state index in [1.54, 1.807) is 0 Å². The monoisotopic (exact) mass is 467 g/mol. The first-order valence-electron chi connectivity index (χ1n) is 9.39. The van der Waals surface area contributed by atoms with Gasteiger partial charge < -0.3 is 10.6 Å². The van der Waals surface area contributed by atoms with Crippen LogP contribution in [-0.2, 0) is 4.79 Å². The number of nitrogens with one attached hydrogen (secondary N) is 3. The molecule has 28 heavy (non-hydrogen) atoms. The van der Waals surface area contributed by atoms with Crippen molar-refractivity contribution in [1.29, 1.82) is 0 Å². The Labute approximate surface area is 177 Å². The lowest BCUT2D eigenvalue weighted by Crippen LogP contribution is -2.51. The Hall–Kier alpha value is -2.00. The highest BCUT2D eigenvalue weighted by molar-refractivity contribution is 9.10. The van der Waals surface area contributed by atoms with Gasteiger partial charge in [-0.05, 0) is 24.5 Å². The highest BCUT2D eigenvalue weighted by atomic mass is 79.9. The van der Waals surface area contributed by atoms with Crippen molar-refractivity contribution in [2.45, 2.75) is 46.1 Å². The molecular weight excluding hydrogens is 442 g/mol. The quantitative estimate of drug-likeness (QED) is 0.475. The number of amides is 3. The number of nitrogens with zero attached hydrogens (tertiary/aromatic N) is 2. The third-order valence-corrected chi connectivity index (χ3v) is 5.76. The van der Waals surface area contributed by atoms with Gasteiger partial charge in [-0.2, -0.15) is 0 Å². The second kappa shape index (κ2) is 11.1. The van der Waals surface area contributed by atoms with Crippen LogP contribution in [0.25, 0.3) is 10.6 Å². The average Bonchev–Trinajstić information content (AvgIpc) is 3.14. The maximum atomic E-state index is 12.7. The van der Waals surface area contributed by atoms with E-state index in [9.17, 15) is 9.59 Å². The summed E-state index contributed by atoms with van der Waals surface area (Å²) in [4.78, 5) is 24.8. The third kappa shape index (κ3) is 6.56. The van der Waals surface area contributed by atoms with Crippen molar-refractivity contribution in [3.05, 3.63) is 28.7 Å². The number of hydrogen-bond acceptors (Lipinski definition) is 5. The molecule has 3 amide bonds. The van der Waals surface area contributed by atoms with Crippen LogP contribution >= 0.6 is 27.3 Å². The van der Waals surface area contributed by atoms with Gasteiger partial charge in [0.05, 0.1) is 0 Å². The molecule has 9 heteroatoms. The Morgan fingerprint density at radius 1 is 1.18 bits per heavy atom. The van der Waals surface area contributed by atoms with Crippen LogP contribution in [0.1, 0.15) is 40.0 Å². The molecule has 3 N–H and O–H groups in total. The Morgan fingerprint density at radius 3 is 2.54 bits per heavy atom. The summed E-state index contributed by atoms with van der Waals surface area (Å²) in [5, 5.41) is 17.7. The van der Waals surface area contributed by atoms with Crippen molar-refractivity contribution >= 4 is 44.3 Å². The Balaban J connectivity index is 2.02. The summed E-state index contributed by atoms with van der Waals surface area (Å²) in [6.07, 6.45) is 2.65. The molecule has 152 valence electrons. The molecular formula is C19H26BrN5O2S. The highest BCUT2D eigenvalue weighted by Crippen LogP contribution is 2.27. The smallest absolute Gasteiger partial charge is 0.315 e. The molecule has 0 aliphatic carbocycles. The van der Waals surface area contributed by atoms with Crippen molar-refractivity contribution in [1.82, 2.24) is 20.8 Å². The van der Waals surface area contributed by atoms with Gasteiger partial charge in [0.15, 0.2) is 0 Å². The predicted octanol–water partition coefficient (Wildman–Crippen LogP) is 4.42. The fourth-order valence-electron chi connectivity index (χ4n) is 2.44. The van der Waals surface area contributed by atoms with E-state index in [1.165, 1.54) is 11.3 Å². The van der Waals surface area contributed by atoms with Crippen molar-refractivity contribution in [2.24, 2.45) is 5.92 Å². The fourth-order valence-corrected chi connectivity index (χ4v) is 3.46. The molecule has 1 heterocycles. The largest absolute Gasteiger partial charge is 0.338 e. The molecule has 0 saturated heterocycles. The molecule has 2 rings (SSSR count). The molecule has 0 fully saturated rings. The van der Waals surface area contributed by atoms with Crippen molar-refractivity contribution in [3.8, 4) is 10.6 Å². The minimum Gasteiger partial charge on any atom is -0.338 e. The number of rotatable bonds is 9. The molecule has 0 spiro atoms. The van der Waals surface area contributed by atoms with Gasteiger partial charge in [-0.1, -0.05) is 73.0 Å². The zero-order chi connectivity index (χ0) is 20.5. The Kier molecular flexibility index (Phi) is 8.85. The predicted molar refractivity (Wildman–Crippen MR) is 116 cm³/mol. The standard InChI is InChI=1S/C19H26BrN5O2S/c1-4-6-11-21-18(27)22-15(12(3)5-2)16(26)23-19-25-24-17(28-19)13-7-9-14(20)10-8-13/h7-10,12,15H,4-6,11H2,1-3H3,(H2,21,22,27)(H,23,25,26). The summed E-state index contributed by atoms with van der Waals surface area (Å²) >= 11 is 4.70. The summed E-state index contributed by atoms with van der Waals surface area (Å²) in [5.41, 5.74) is 0.924. The number of urea groups is 1. The second-order valence-corrected chi connectivity index (χ2v) is 8.42. The molecule has 1 aromatic heterocycles. The first kappa shape index (κ1) is 22.3. The number of aromatic nitrogens is 2. The third-order valence-electron chi connectivity index (χ3n) is 4.34. The zero-order valence-corrected chi connectivity index (χ0v) is 18.7. The normalized spacial score (nSPS) is 12.9. The van der Waals surface area contributed by atoms with Gasteiger partial charge in [-0.3, -0.25) is 10.1 Å². The Morgan fingerprint density at radius 2 is 1.89 bits per heavy atom. The van der Waals surface area contributed by atoms with Crippen LogP contribution in [0.2, 0.25) is 0 Å². The summed E-state index contributed by atoms with van der Waals surface area (Å²) in [5.74, 6) is -0.311. The van der Waals surface area contributed by atoms with Gasteiger partial charge >= 0.3 is 6.03 Å². The first-order valence-corrected chi connectivity index (χ1v) is 11.0. The first-order chi connectivity index (χ1) is 13.4. The van der Waals surface area contributed by atoms with Crippen molar-refractivity contribution in [2.75, 3.05) is 11.9 Å². The summed E-state index contributed by atoms with van der Waals surface area (Å²) in [6, 6.07) is 6.73. The number of unbranched alkanes of at least 4 members (excludes halogenated alkanes) is 1. The van der Waals surface area contributed by atoms with Gasteiger partial charge in [0.2, 0.25) is 11.0 Å². The van der Waals surface area contributed by atoms with Gasteiger partial charge in [0.1, 0.15) is 11.0 Å². The number of carbonyl (C=O) groups excluding carboxylic acids is 2. The van der Waals surface area contributed by atoms with Crippen LogP contribution < -0.4 is 16.0 Å². The number of hydrogen-bond donors (Lipinski definition) is 3. The van der Waals surface area contributed by atoms with E-state index in [1.807, 2.05) is 38.1 Å². The van der Waals surface area contributed by atoms with Gasteiger partial charge in [-0.15, -0.1) is 10.2 Å². The SMILES string of the molecule is CCCCNC(=O)NC(C(=O)Nc1nnc(-c2ccc(Br)cc2)s1)C(C)CC. The molecule has 7 nitrogen and oxygen atoms in total. The van der Waals surface area contributed by atoms with Crippen LogP contribution in [0.4, 0.5) is 9.93 Å². The van der Waals surface area contributed by atoms with Crippen molar-refractivity contribution in [3.63, 3.8) is 0 Å². The molecule has 2 aromatic rings. The topological polar surface area (TPSA) is 96.0 Å². The molecule has 0 radical (unpaired) electrons. The van der Waals surface area contributed by atoms with E-state index >= 15 is 0 Å². The van der Waals surface area contributed by atoms with E-state index in [-0.39, 0.29) is 17.9 Å². The van der Waals surface area contributed by atoms with E-state index < -0.39 is 6.04 Å². The molecule has 2 unspecified atom stereocenters. The van der Waals surface area contributed by atoms with Gasteiger partial charge in [-0.25, -0.2) is 4.79 Å². The van der Waals surface area contributed by atoms with Crippen LogP contribution in [-0.4, -0.2) is 34.7 Å². The number of halogens is 1. The second-order valence-electron chi connectivity index (χ2n) is 6.53. The maximum absolute atomic E-state index is 12.7. The minimum atomic E-state index is -0.647. The molecule has 0 aliphatic rings. The van der Waals surface area contributed by atoms with Crippen LogP contribution in [0, 0.1) is 5.92 Å². The molecule has 2 atom stereocenters. The minimum absolute atomic E-state index is 0.0178.